The standard InChI is InChI=1S/C13H14OS/c1-9-4-3-5-11(8-9)13(14)12-6-7-15-10(12)2/h3-8,13-14H,1-2H3. The SMILES string of the molecule is Cc1cccc(C(O)c2ccsc2C)c1. The molecule has 0 radical (unpaired) electrons. The van der Waals surface area contributed by atoms with Gasteiger partial charge in [-0.3, -0.25) is 0 Å². The number of benzene rings is 1. The van der Waals surface area contributed by atoms with Gasteiger partial charge in [0.05, 0.1) is 0 Å². The Hall–Kier alpha value is -1.12. The predicted octanol–water partition coefficient (Wildman–Crippen LogP) is 3.45. The molecule has 78 valence electrons. The fourth-order valence-electron chi connectivity index (χ4n) is 1.70. The highest BCUT2D eigenvalue weighted by atomic mass is 32.1. The van der Waals surface area contributed by atoms with Crippen molar-refractivity contribution in [1.29, 1.82) is 0 Å². The van der Waals surface area contributed by atoms with Crippen LogP contribution in [0.4, 0.5) is 0 Å². The number of aliphatic hydroxyl groups excluding tert-OH is 1. The first-order valence-electron chi connectivity index (χ1n) is 4.97. The van der Waals surface area contributed by atoms with Gasteiger partial charge in [0, 0.05) is 4.88 Å². The van der Waals surface area contributed by atoms with E-state index >= 15 is 0 Å². The Morgan fingerprint density at radius 3 is 2.60 bits per heavy atom. The van der Waals surface area contributed by atoms with Gasteiger partial charge in [-0.1, -0.05) is 29.8 Å². The van der Waals surface area contributed by atoms with Crippen LogP contribution < -0.4 is 0 Å². The Labute approximate surface area is 94.0 Å². The predicted molar refractivity (Wildman–Crippen MR) is 64.3 cm³/mol. The Morgan fingerprint density at radius 1 is 1.20 bits per heavy atom. The number of thiophene rings is 1. The van der Waals surface area contributed by atoms with E-state index in [4.69, 9.17) is 0 Å². The largest absolute Gasteiger partial charge is 0.384 e. The average Bonchev–Trinajstić information content (AvgIpc) is 2.63. The molecule has 1 aromatic carbocycles. The number of aryl methyl sites for hydroxylation is 2. The van der Waals surface area contributed by atoms with Gasteiger partial charge in [0.1, 0.15) is 6.10 Å². The van der Waals surface area contributed by atoms with Crippen molar-refractivity contribution < 1.29 is 5.11 Å². The van der Waals surface area contributed by atoms with Crippen molar-refractivity contribution in [3.63, 3.8) is 0 Å². The lowest BCUT2D eigenvalue weighted by molar-refractivity contribution is 0.220. The molecule has 0 aliphatic carbocycles. The van der Waals surface area contributed by atoms with E-state index in [1.54, 1.807) is 11.3 Å². The second-order valence-corrected chi connectivity index (χ2v) is 4.87. The molecule has 2 rings (SSSR count). The lowest BCUT2D eigenvalue weighted by Crippen LogP contribution is -1.99. The van der Waals surface area contributed by atoms with Crippen LogP contribution in [0.3, 0.4) is 0 Å². The first-order valence-corrected chi connectivity index (χ1v) is 5.85. The molecule has 1 N–H and O–H groups in total. The van der Waals surface area contributed by atoms with Crippen LogP contribution in [-0.2, 0) is 0 Å². The van der Waals surface area contributed by atoms with E-state index in [1.165, 1.54) is 10.4 Å². The average molecular weight is 218 g/mol. The summed E-state index contributed by atoms with van der Waals surface area (Å²) in [5, 5.41) is 12.2. The van der Waals surface area contributed by atoms with Gasteiger partial charge < -0.3 is 5.11 Å². The summed E-state index contributed by atoms with van der Waals surface area (Å²) in [5.74, 6) is 0. The number of hydrogen-bond donors (Lipinski definition) is 1. The topological polar surface area (TPSA) is 20.2 Å². The van der Waals surface area contributed by atoms with Crippen LogP contribution in [0.25, 0.3) is 0 Å². The van der Waals surface area contributed by atoms with Gasteiger partial charge >= 0.3 is 0 Å². The van der Waals surface area contributed by atoms with Crippen LogP contribution in [0, 0.1) is 13.8 Å². The summed E-state index contributed by atoms with van der Waals surface area (Å²) < 4.78 is 0. The second-order valence-electron chi connectivity index (χ2n) is 3.75. The zero-order valence-corrected chi connectivity index (χ0v) is 9.71. The van der Waals surface area contributed by atoms with Crippen molar-refractivity contribution >= 4 is 11.3 Å². The van der Waals surface area contributed by atoms with Crippen molar-refractivity contribution in [3.8, 4) is 0 Å². The zero-order valence-electron chi connectivity index (χ0n) is 8.90. The smallest absolute Gasteiger partial charge is 0.105 e. The van der Waals surface area contributed by atoms with Gasteiger partial charge in [0.2, 0.25) is 0 Å². The monoisotopic (exact) mass is 218 g/mol. The maximum atomic E-state index is 10.2. The third-order valence-electron chi connectivity index (χ3n) is 2.55. The van der Waals surface area contributed by atoms with Crippen molar-refractivity contribution in [2.75, 3.05) is 0 Å². The molecule has 0 bridgehead atoms. The van der Waals surface area contributed by atoms with Crippen LogP contribution in [-0.4, -0.2) is 5.11 Å². The van der Waals surface area contributed by atoms with Crippen LogP contribution in [0.1, 0.15) is 27.7 Å². The van der Waals surface area contributed by atoms with E-state index in [0.717, 1.165) is 11.1 Å². The summed E-state index contributed by atoms with van der Waals surface area (Å²) in [6, 6.07) is 10.0. The van der Waals surface area contributed by atoms with Crippen molar-refractivity contribution in [3.05, 3.63) is 57.3 Å². The highest BCUT2D eigenvalue weighted by molar-refractivity contribution is 7.10. The molecule has 0 aliphatic rings. The molecule has 1 nitrogen and oxygen atoms in total. The van der Waals surface area contributed by atoms with Gasteiger partial charge in [0.15, 0.2) is 0 Å². The lowest BCUT2D eigenvalue weighted by atomic mass is 10.0. The summed E-state index contributed by atoms with van der Waals surface area (Å²) in [7, 11) is 0. The van der Waals surface area contributed by atoms with E-state index in [9.17, 15) is 5.11 Å². The van der Waals surface area contributed by atoms with Gasteiger partial charge in [-0.15, -0.1) is 11.3 Å². The minimum Gasteiger partial charge on any atom is -0.384 e. The third-order valence-corrected chi connectivity index (χ3v) is 3.41. The fraction of sp³-hybridized carbons (Fsp3) is 0.231. The highest BCUT2D eigenvalue weighted by Gasteiger charge is 2.13. The first-order chi connectivity index (χ1) is 7.18. The number of rotatable bonds is 2. The molecule has 0 spiro atoms. The van der Waals surface area contributed by atoms with Gasteiger partial charge in [-0.2, -0.15) is 0 Å². The molecule has 1 heterocycles. The molecule has 1 aromatic heterocycles. The molecule has 0 amide bonds. The van der Waals surface area contributed by atoms with Gasteiger partial charge in [-0.25, -0.2) is 0 Å². The lowest BCUT2D eigenvalue weighted by Gasteiger charge is -2.11. The fourth-order valence-corrected chi connectivity index (χ4v) is 2.43. The maximum Gasteiger partial charge on any atom is 0.105 e. The summed E-state index contributed by atoms with van der Waals surface area (Å²) >= 11 is 1.67. The van der Waals surface area contributed by atoms with E-state index in [0.29, 0.717) is 0 Å². The summed E-state index contributed by atoms with van der Waals surface area (Å²) in [6.07, 6.45) is -0.490. The molecule has 0 saturated carbocycles. The van der Waals surface area contributed by atoms with E-state index in [1.807, 2.05) is 49.6 Å². The summed E-state index contributed by atoms with van der Waals surface area (Å²) in [4.78, 5) is 1.18. The van der Waals surface area contributed by atoms with Crippen LogP contribution in [0.15, 0.2) is 35.7 Å². The van der Waals surface area contributed by atoms with Crippen molar-refractivity contribution in [2.24, 2.45) is 0 Å². The van der Waals surface area contributed by atoms with Gasteiger partial charge in [-0.05, 0) is 36.4 Å². The third kappa shape index (κ3) is 2.11. The van der Waals surface area contributed by atoms with Crippen LogP contribution >= 0.6 is 11.3 Å². The molecule has 0 fully saturated rings. The quantitative estimate of drug-likeness (QED) is 0.818. The maximum absolute atomic E-state index is 10.2. The number of aliphatic hydroxyl groups is 1. The molecular formula is C13H14OS. The zero-order chi connectivity index (χ0) is 10.8. The van der Waals surface area contributed by atoms with Gasteiger partial charge in [0.25, 0.3) is 0 Å². The molecule has 1 unspecified atom stereocenters. The molecule has 15 heavy (non-hydrogen) atoms. The molecule has 0 aliphatic heterocycles. The molecular weight excluding hydrogens is 204 g/mol. The van der Waals surface area contributed by atoms with E-state index in [2.05, 4.69) is 0 Å². The van der Waals surface area contributed by atoms with Crippen LogP contribution in [0.5, 0.6) is 0 Å². The molecule has 1 atom stereocenters. The summed E-state index contributed by atoms with van der Waals surface area (Å²) in [6.45, 7) is 4.08. The number of hydrogen-bond acceptors (Lipinski definition) is 2. The Morgan fingerprint density at radius 2 is 2.00 bits per heavy atom. The second kappa shape index (κ2) is 4.17. The first kappa shape index (κ1) is 10.4. The Kier molecular flexibility index (Phi) is 2.89. The van der Waals surface area contributed by atoms with E-state index in [-0.39, 0.29) is 0 Å². The molecule has 0 saturated heterocycles. The van der Waals surface area contributed by atoms with Crippen molar-refractivity contribution in [1.82, 2.24) is 0 Å². The normalized spacial score (nSPS) is 12.7. The minimum atomic E-state index is -0.490. The van der Waals surface area contributed by atoms with E-state index < -0.39 is 6.10 Å². The minimum absolute atomic E-state index is 0.490. The van der Waals surface area contributed by atoms with Crippen molar-refractivity contribution in [2.45, 2.75) is 20.0 Å². The molecule has 2 heteroatoms. The molecule has 2 aromatic rings. The Bertz CT molecular complexity index is 459. The summed E-state index contributed by atoms with van der Waals surface area (Å²) in [5.41, 5.74) is 3.17. The van der Waals surface area contributed by atoms with Crippen LogP contribution in [0.2, 0.25) is 0 Å². The highest BCUT2D eigenvalue weighted by Crippen LogP contribution is 2.28. The Balaban J connectivity index is 2.36.